The van der Waals surface area contributed by atoms with Crippen LogP contribution in [0.2, 0.25) is 0 Å². The molecule has 0 atom stereocenters. The van der Waals surface area contributed by atoms with Crippen LogP contribution in [0.1, 0.15) is 11.1 Å². The maximum atomic E-state index is 9.39. The molecule has 1 aromatic carbocycles. The topological polar surface area (TPSA) is 80.7 Å². The van der Waals surface area contributed by atoms with Crippen molar-refractivity contribution in [3.05, 3.63) is 47.8 Å². The van der Waals surface area contributed by atoms with Crippen molar-refractivity contribution in [2.24, 2.45) is 0 Å². The maximum absolute atomic E-state index is 9.39. The Hall–Kier alpha value is -2.85. The number of hydrogen-bond acceptors (Lipinski definition) is 4. The minimum atomic E-state index is -0.0550. The van der Waals surface area contributed by atoms with Gasteiger partial charge in [-0.1, -0.05) is 6.07 Å². The number of phenols is 1. The molecule has 4 nitrogen and oxygen atoms in total. The second kappa shape index (κ2) is 4.34. The summed E-state index contributed by atoms with van der Waals surface area (Å²) < 4.78 is 0. The first-order valence-electron chi connectivity index (χ1n) is 4.83. The fourth-order valence-electron chi connectivity index (χ4n) is 1.46. The van der Waals surface area contributed by atoms with Gasteiger partial charge in [-0.15, -0.1) is 0 Å². The number of rotatable bonds is 1. The first-order chi connectivity index (χ1) is 8.24. The highest BCUT2D eigenvalue weighted by Gasteiger charge is 2.04. The first-order valence-corrected chi connectivity index (χ1v) is 4.83. The summed E-state index contributed by atoms with van der Waals surface area (Å²) in [4.78, 5) is 3.94. The van der Waals surface area contributed by atoms with Crippen LogP contribution in [-0.4, -0.2) is 10.1 Å². The van der Waals surface area contributed by atoms with E-state index in [-0.39, 0.29) is 11.3 Å². The largest absolute Gasteiger partial charge is 0.507 e. The molecule has 4 heteroatoms. The van der Waals surface area contributed by atoms with Crippen LogP contribution in [0.25, 0.3) is 11.1 Å². The Morgan fingerprint density at radius 2 is 1.82 bits per heavy atom. The van der Waals surface area contributed by atoms with Crippen LogP contribution in [-0.2, 0) is 0 Å². The van der Waals surface area contributed by atoms with E-state index in [1.54, 1.807) is 24.4 Å². The molecule has 1 N–H and O–H groups in total. The Labute approximate surface area is 98.0 Å². The third kappa shape index (κ3) is 2.06. The number of hydrogen-bond donors (Lipinski definition) is 1. The van der Waals surface area contributed by atoms with Crippen LogP contribution in [0.4, 0.5) is 0 Å². The molecule has 80 valence electrons. The Bertz CT molecular complexity index is 650. The first kappa shape index (κ1) is 10.7. The van der Waals surface area contributed by atoms with Crippen molar-refractivity contribution in [1.29, 1.82) is 10.5 Å². The summed E-state index contributed by atoms with van der Waals surface area (Å²) in [6.07, 6.45) is 3.07. The molecule has 0 radical (unpaired) electrons. The van der Waals surface area contributed by atoms with Gasteiger partial charge in [0.15, 0.2) is 0 Å². The van der Waals surface area contributed by atoms with E-state index in [0.717, 1.165) is 11.1 Å². The molecule has 2 aromatic rings. The van der Waals surface area contributed by atoms with Crippen LogP contribution < -0.4 is 0 Å². The molecule has 2 rings (SSSR count). The van der Waals surface area contributed by atoms with Crippen molar-refractivity contribution < 1.29 is 5.11 Å². The Kier molecular flexibility index (Phi) is 2.72. The summed E-state index contributed by atoms with van der Waals surface area (Å²) >= 11 is 0. The molecule has 1 aromatic heterocycles. The van der Waals surface area contributed by atoms with Crippen molar-refractivity contribution >= 4 is 0 Å². The second-order valence-corrected chi connectivity index (χ2v) is 3.42. The normalized spacial score (nSPS) is 9.29. The summed E-state index contributed by atoms with van der Waals surface area (Å²) in [7, 11) is 0. The van der Waals surface area contributed by atoms with E-state index >= 15 is 0 Å². The quantitative estimate of drug-likeness (QED) is 0.800. The van der Waals surface area contributed by atoms with E-state index in [1.807, 2.05) is 12.1 Å². The van der Waals surface area contributed by atoms with Gasteiger partial charge < -0.3 is 5.11 Å². The number of aromatic hydroxyl groups is 1. The fraction of sp³-hybridized carbons (Fsp3) is 0. The van der Waals surface area contributed by atoms with Crippen LogP contribution in [0, 0.1) is 22.7 Å². The molecule has 0 spiro atoms. The highest BCUT2D eigenvalue weighted by atomic mass is 16.3. The van der Waals surface area contributed by atoms with Crippen LogP contribution >= 0.6 is 0 Å². The molecule has 0 fully saturated rings. The Morgan fingerprint density at radius 3 is 2.53 bits per heavy atom. The average molecular weight is 221 g/mol. The fourth-order valence-corrected chi connectivity index (χ4v) is 1.46. The predicted octanol–water partition coefficient (Wildman–Crippen LogP) is 2.20. The number of pyridine rings is 1. The maximum Gasteiger partial charge on any atom is 0.133 e. The predicted molar refractivity (Wildman–Crippen MR) is 60.8 cm³/mol. The lowest BCUT2D eigenvalue weighted by Crippen LogP contribution is -1.85. The number of nitrogens with zero attached hydrogens (tertiary/aromatic N) is 3. The van der Waals surface area contributed by atoms with Crippen LogP contribution in [0.3, 0.4) is 0 Å². The molecule has 0 aliphatic rings. The second-order valence-electron chi connectivity index (χ2n) is 3.42. The lowest BCUT2D eigenvalue weighted by Gasteiger charge is -2.03. The third-order valence-corrected chi connectivity index (χ3v) is 2.32. The zero-order chi connectivity index (χ0) is 12.3. The lowest BCUT2D eigenvalue weighted by molar-refractivity contribution is 0.473. The zero-order valence-corrected chi connectivity index (χ0v) is 8.75. The minimum absolute atomic E-state index is 0.0550. The summed E-state index contributed by atoms with van der Waals surface area (Å²) in [6, 6.07) is 10.3. The van der Waals surface area contributed by atoms with Crippen LogP contribution in [0.5, 0.6) is 5.75 Å². The van der Waals surface area contributed by atoms with Gasteiger partial charge in [-0.2, -0.15) is 10.5 Å². The van der Waals surface area contributed by atoms with Gasteiger partial charge in [0.1, 0.15) is 17.9 Å². The summed E-state index contributed by atoms with van der Waals surface area (Å²) in [6.45, 7) is 0. The standard InChI is InChI=1S/C13H7N3O/c14-5-9-3-12(8-16-7-9)10-1-2-13(17)11(4-10)6-15/h1-4,7-8,17H. The van der Waals surface area contributed by atoms with Gasteiger partial charge in [-0.3, -0.25) is 4.98 Å². The van der Waals surface area contributed by atoms with E-state index in [2.05, 4.69) is 4.98 Å². The number of phenolic OH excluding ortho intramolecular Hbond substituents is 1. The van der Waals surface area contributed by atoms with Gasteiger partial charge in [-0.05, 0) is 23.8 Å². The third-order valence-electron chi connectivity index (χ3n) is 2.32. The Balaban J connectivity index is 2.54. The van der Waals surface area contributed by atoms with Crippen molar-refractivity contribution in [3.63, 3.8) is 0 Å². The van der Waals surface area contributed by atoms with Gasteiger partial charge >= 0.3 is 0 Å². The smallest absolute Gasteiger partial charge is 0.133 e. The van der Waals surface area contributed by atoms with Gasteiger partial charge in [0, 0.05) is 18.0 Å². The monoisotopic (exact) mass is 221 g/mol. The van der Waals surface area contributed by atoms with Gasteiger partial charge in [0.05, 0.1) is 11.1 Å². The summed E-state index contributed by atoms with van der Waals surface area (Å²) in [5, 5.41) is 27.0. The number of aromatic nitrogens is 1. The zero-order valence-electron chi connectivity index (χ0n) is 8.75. The van der Waals surface area contributed by atoms with Crippen molar-refractivity contribution in [1.82, 2.24) is 4.98 Å². The Morgan fingerprint density at radius 1 is 1.00 bits per heavy atom. The molecule has 17 heavy (non-hydrogen) atoms. The number of nitriles is 2. The molecular formula is C13H7N3O. The highest BCUT2D eigenvalue weighted by molar-refractivity contribution is 5.67. The van der Waals surface area contributed by atoms with E-state index in [4.69, 9.17) is 10.5 Å². The molecule has 0 saturated carbocycles. The van der Waals surface area contributed by atoms with Crippen LogP contribution in [0.15, 0.2) is 36.7 Å². The van der Waals surface area contributed by atoms with E-state index in [1.165, 1.54) is 12.3 Å². The van der Waals surface area contributed by atoms with Crippen molar-refractivity contribution in [2.75, 3.05) is 0 Å². The SMILES string of the molecule is N#Cc1cncc(-c2ccc(O)c(C#N)c2)c1. The van der Waals surface area contributed by atoms with E-state index in [9.17, 15) is 5.11 Å². The van der Waals surface area contributed by atoms with Gasteiger partial charge in [0.2, 0.25) is 0 Å². The highest BCUT2D eigenvalue weighted by Crippen LogP contribution is 2.25. The molecule has 0 aliphatic heterocycles. The van der Waals surface area contributed by atoms with Gasteiger partial charge in [0.25, 0.3) is 0 Å². The summed E-state index contributed by atoms with van der Waals surface area (Å²) in [5.41, 5.74) is 2.13. The minimum Gasteiger partial charge on any atom is -0.507 e. The van der Waals surface area contributed by atoms with E-state index in [0.29, 0.717) is 5.56 Å². The molecule has 0 aliphatic carbocycles. The van der Waals surface area contributed by atoms with Gasteiger partial charge in [-0.25, -0.2) is 0 Å². The average Bonchev–Trinajstić information content (AvgIpc) is 2.39. The molecule has 0 saturated heterocycles. The molecule has 0 unspecified atom stereocenters. The molecule has 0 bridgehead atoms. The lowest BCUT2D eigenvalue weighted by atomic mass is 10.0. The van der Waals surface area contributed by atoms with Crippen molar-refractivity contribution in [2.45, 2.75) is 0 Å². The molecule has 0 amide bonds. The molecular weight excluding hydrogens is 214 g/mol. The van der Waals surface area contributed by atoms with E-state index < -0.39 is 0 Å². The molecule has 1 heterocycles. The van der Waals surface area contributed by atoms with Crippen molar-refractivity contribution in [3.8, 4) is 29.0 Å². The number of benzene rings is 1. The summed E-state index contributed by atoms with van der Waals surface area (Å²) in [5.74, 6) is -0.0550.